The zero-order chi connectivity index (χ0) is 21.9. The second-order valence-electron chi connectivity index (χ2n) is 5.23. The van der Waals surface area contributed by atoms with Crippen molar-refractivity contribution in [1.82, 2.24) is 0 Å². The number of rotatable bonds is 5. The molecular weight excluding hydrogens is 411 g/mol. The summed E-state index contributed by atoms with van der Waals surface area (Å²) in [6.07, 6.45) is -5.04. The summed E-state index contributed by atoms with van der Waals surface area (Å²) in [7, 11) is 0. The van der Waals surface area contributed by atoms with Crippen LogP contribution in [0.1, 0.15) is 5.56 Å². The van der Waals surface area contributed by atoms with Crippen LogP contribution in [0.25, 0.3) is 0 Å². The summed E-state index contributed by atoms with van der Waals surface area (Å²) < 4.78 is 97.7. The Hall–Kier alpha value is -3.82. The fraction of sp³-hybridized carbons (Fsp3) is 0.0625. The van der Waals surface area contributed by atoms with Crippen LogP contribution in [0.3, 0.4) is 0 Å². The van der Waals surface area contributed by atoms with Crippen LogP contribution in [0.4, 0.5) is 36.4 Å². The van der Waals surface area contributed by atoms with Gasteiger partial charge in [0, 0.05) is 12.1 Å². The van der Waals surface area contributed by atoms with Crippen LogP contribution in [0.2, 0.25) is 0 Å². The maximum atomic E-state index is 13.9. The summed E-state index contributed by atoms with van der Waals surface area (Å²) in [5.41, 5.74) is 4.03. The van der Waals surface area contributed by atoms with Crippen LogP contribution >= 0.6 is 0 Å². The number of amidine groups is 1. The molecule has 0 fully saturated rings. The number of ether oxygens (including phenoxy) is 1. The van der Waals surface area contributed by atoms with E-state index in [0.717, 1.165) is 0 Å². The predicted molar refractivity (Wildman–Crippen MR) is 86.4 cm³/mol. The molecule has 0 aliphatic heterocycles. The molecule has 0 atom stereocenters. The number of hydrogen-bond acceptors (Lipinski definition) is 5. The maximum absolute atomic E-state index is 13.9. The highest BCUT2D eigenvalue weighted by molar-refractivity contribution is 6.45. The number of nitrogens with one attached hydrogen (secondary N) is 2. The third kappa shape index (κ3) is 4.92. The molecule has 0 saturated carbocycles. The van der Waals surface area contributed by atoms with Gasteiger partial charge in [-0.05, 0) is 12.1 Å². The highest BCUT2D eigenvalue weighted by Gasteiger charge is 2.33. The number of benzene rings is 2. The quantitative estimate of drug-likeness (QED) is 0.291. The minimum Gasteiger partial charge on any atom is -0.448 e. The molecule has 6 nitrogen and oxygen atoms in total. The van der Waals surface area contributed by atoms with E-state index in [1.807, 2.05) is 5.43 Å². The Morgan fingerprint density at radius 3 is 2.10 bits per heavy atom. The monoisotopic (exact) mass is 419 g/mol. The molecule has 2 aromatic rings. The number of nitrogens with zero attached hydrogens (tertiary/aromatic N) is 2. The van der Waals surface area contributed by atoms with Gasteiger partial charge in [-0.3, -0.25) is 10.8 Å². The number of anilines is 1. The lowest BCUT2D eigenvalue weighted by Gasteiger charge is -2.13. The normalized spacial score (nSPS) is 11.7. The molecule has 13 heteroatoms. The van der Waals surface area contributed by atoms with E-state index in [1.165, 1.54) is 6.07 Å². The average Bonchev–Trinajstić information content (AvgIpc) is 2.60. The van der Waals surface area contributed by atoms with E-state index in [1.54, 1.807) is 0 Å². The summed E-state index contributed by atoms with van der Waals surface area (Å²) in [5.74, 6) is -9.38. The SMILES string of the molecule is N#C/C(=N\Nc1cc(Oc2c(F)cc(C(F)(F)F)cc2F)c(F)cc1F)C(=N)N. The Morgan fingerprint density at radius 2 is 1.62 bits per heavy atom. The molecule has 4 N–H and O–H groups in total. The Morgan fingerprint density at radius 1 is 1.03 bits per heavy atom. The second-order valence-corrected chi connectivity index (χ2v) is 5.23. The molecule has 0 radical (unpaired) electrons. The first-order valence-corrected chi connectivity index (χ1v) is 7.25. The van der Waals surface area contributed by atoms with Gasteiger partial charge in [0.1, 0.15) is 6.07 Å². The van der Waals surface area contributed by atoms with E-state index in [0.29, 0.717) is 6.07 Å². The van der Waals surface area contributed by atoms with Crippen molar-refractivity contribution in [2.45, 2.75) is 6.18 Å². The van der Waals surface area contributed by atoms with E-state index in [2.05, 4.69) is 9.84 Å². The first-order chi connectivity index (χ1) is 13.4. The summed E-state index contributed by atoms with van der Waals surface area (Å²) in [4.78, 5) is 0. The Kier molecular flexibility index (Phi) is 5.96. The maximum Gasteiger partial charge on any atom is 0.416 e. The van der Waals surface area contributed by atoms with E-state index in [-0.39, 0.29) is 18.2 Å². The first kappa shape index (κ1) is 21.5. The van der Waals surface area contributed by atoms with Gasteiger partial charge in [0.25, 0.3) is 0 Å². The van der Waals surface area contributed by atoms with E-state index in [4.69, 9.17) is 16.4 Å². The van der Waals surface area contributed by atoms with Crippen molar-refractivity contribution in [2.24, 2.45) is 10.8 Å². The Bertz CT molecular complexity index is 1020. The standard InChI is InChI=1S/C16H8F7N5O/c17-7-3-8(18)13(4-11(7)27-28-12(5-24)15(25)26)29-14-9(19)1-6(2-10(14)20)16(21,22)23/h1-4,27H,(H3,25,26)/b28-12+. The van der Waals surface area contributed by atoms with Gasteiger partial charge in [-0.1, -0.05) is 0 Å². The largest absolute Gasteiger partial charge is 0.448 e. The van der Waals surface area contributed by atoms with Crippen LogP contribution in [-0.4, -0.2) is 11.5 Å². The molecule has 152 valence electrons. The van der Waals surface area contributed by atoms with Crippen molar-refractivity contribution in [3.63, 3.8) is 0 Å². The number of hydrazone groups is 1. The number of halogens is 7. The van der Waals surface area contributed by atoms with Gasteiger partial charge >= 0.3 is 6.18 Å². The van der Waals surface area contributed by atoms with Crippen molar-refractivity contribution < 1.29 is 35.5 Å². The van der Waals surface area contributed by atoms with Crippen molar-refractivity contribution in [3.8, 4) is 17.6 Å². The average molecular weight is 419 g/mol. The Balaban J connectivity index is 2.42. The highest BCUT2D eigenvalue weighted by Crippen LogP contribution is 2.37. The molecule has 0 heterocycles. The number of nitrogens with two attached hydrogens (primary N) is 1. The summed E-state index contributed by atoms with van der Waals surface area (Å²) in [6.45, 7) is 0. The Labute approximate surface area is 157 Å². The van der Waals surface area contributed by atoms with Crippen molar-refractivity contribution in [3.05, 3.63) is 53.1 Å². The van der Waals surface area contributed by atoms with E-state index < -0.39 is 63.7 Å². The molecule has 0 aliphatic carbocycles. The summed E-state index contributed by atoms with van der Waals surface area (Å²) in [6, 6.07) is 2.06. The third-order valence-electron chi connectivity index (χ3n) is 3.21. The van der Waals surface area contributed by atoms with Gasteiger partial charge in [-0.15, -0.1) is 0 Å². The van der Waals surface area contributed by atoms with Gasteiger partial charge in [0.2, 0.25) is 5.71 Å². The number of nitriles is 1. The van der Waals surface area contributed by atoms with Crippen molar-refractivity contribution in [1.29, 1.82) is 10.7 Å². The van der Waals surface area contributed by atoms with Crippen LogP contribution < -0.4 is 15.9 Å². The molecule has 0 unspecified atom stereocenters. The molecule has 0 aliphatic rings. The fourth-order valence-corrected chi connectivity index (χ4v) is 1.89. The van der Waals surface area contributed by atoms with Gasteiger partial charge in [-0.2, -0.15) is 23.5 Å². The van der Waals surface area contributed by atoms with E-state index >= 15 is 0 Å². The molecule has 0 amide bonds. The lowest BCUT2D eigenvalue weighted by Crippen LogP contribution is -2.22. The van der Waals surface area contributed by atoms with Crippen LogP contribution in [0.5, 0.6) is 11.5 Å². The smallest absolute Gasteiger partial charge is 0.416 e. The molecule has 0 spiro atoms. The van der Waals surface area contributed by atoms with E-state index in [9.17, 15) is 30.7 Å². The number of alkyl halides is 3. The van der Waals surface area contributed by atoms with Crippen molar-refractivity contribution >= 4 is 17.2 Å². The fourth-order valence-electron chi connectivity index (χ4n) is 1.89. The second kappa shape index (κ2) is 8.05. The summed E-state index contributed by atoms with van der Waals surface area (Å²) in [5, 5.41) is 19.0. The van der Waals surface area contributed by atoms with Crippen LogP contribution in [0, 0.1) is 40.0 Å². The van der Waals surface area contributed by atoms with Crippen LogP contribution in [0.15, 0.2) is 29.4 Å². The van der Waals surface area contributed by atoms with Gasteiger partial charge in [-0.25, -0.2) is 17.6 Å². The molecule has 0 aromatic heterocycles. The van der Waals surface area contributed by atoms with Gasteiger partial charge in [0.15, 0.2) is 40.6 Å². The molecule has 29 heavy (non-hydrogen) atoms. The molecule has 0 saturated heterocycles. The lowest BCUT2D eigenvalue weighted by atomic mass is 10.2. The number of hydrogen-bond donors (Lipinski definition) is 3. The van der Waals surface area contributed by atoms with Crippen molar-refractivity contribution in [2.75, 3.05) is 5.43 Å². The zero-order valence-electron chi connectivity index (χ0n) is 13.8. The molecule has 0 bridgehead atoms. The lowest BCUT2D eigenvalue weighted by molar-refractivity contribution is -0.138. The highest BCUT2D eigenvalue weighted by atomic mass is 19.4. The summed E-state index contributed by atoms with van der Waals surface area (Å²) >= 11 is 0. The van der Waals surface area contributed by atoms with Gasteiger partial charge in [0.05, 0.1) is 11.3 Å². The first-order valence-electron chi connectivity index (χ1n) is 7.25. The zero-order valence-corrected chi connectivity index (χ0v) is 13.8. The minimum atomic E-state index is -5.04. The molecular formula is C16H8F7N5O. The topological polar surface area (TPSA) is 107 Å². The predicted octanol–water partition coefficient (Wildman–Crippen LogP) is 4.28. The van der Waals surface area contributed by atoms with Crippen LogP contribution in [-0.2, 0) is 6.18 Å². The molecule has 2 aromatic carbocycles. The minimum absolute atomic E-state index is 0.0602. The van der Waals surface area contributed by atoms with Gasteiger partial charge < -0.3 is 10.5 Å². The molecule has 2 rings (SSSR count). The third-order valence-corrected chi connectivity index (χ3v) is 3.21.